The van der Waals surface area contributed by atoms with Crippen molar-refractivity contribution < 1.29 is 4.79 Å². The maximum absolute atomic E-state index is 12.6. The first-order valence-electron chi connectivity index (χ1n) is 9.95. The standard InChI is InChI=1S/C24H18ClN3OS2/c25-15-11-12-18-17(14-15)16(23(27-18)20-8-3-4-13-26-20)6-5-10-22(29)31-24-28-19-7-1-2-9-21(19)30-24/h1-4,7-9,11-14,27H,5-6,10H2. The lowest BCUT2D eigenvalue weighted by Crippen LogP contribution is -1.95. The third-order valence-corrected chi connectivity index (χ3v) is 7.34. The Kier molecular flexibility index (Phi) is 5.76. The molecule has 0 atom stereocenters. The summed E-state index contributed by atoms with van der Waals surface area (Å²) in [5.74, 6) is 0. The molecule has 3 aromatic heterocycles. The lowest BCUT2D eigenvalue weighted by Gasteiger charge is -2.05. The van der Waals surface area contributed by atoms with Crippen molar-refractivity contribution in [2.45, 2.75) is 23.6 Å². The van der Waals surface area contributed by atoms with Crippen LogP contribution in [-0.2, 0) is 11.2 Å². The van der Waals surface area contributed by atoms with Gasteiger partial charge in [-0.3, -0.25) is 9.78 Å². The average Bonchev–Trinajstić information content (AvgIpc) is 3.35. The number of pyridine rings is 1. The number of para-hydroxylation sites is 1. The van der Waals surface area contributed by atoms with Crippen LogP contribution in [0.4, 0.5) is 0 Å². The summed E-state index contributed by atoms with van der Waals surface area (Å²) in [6.45, 7) is 0. The van der Waals surface area contributed by atoms with E-state index in [4.69, 9.17) is 11.6 Å². The van der Waals surface area contributed by atoms with E-state index < -0.39 is 0 Å². The van der Waals surface area contributed by atoms with Crippen LogP contribution in [0.2, 0.25) is 5.02 Å². The van der Waals surface area contributed by atoms with Crippen molar-refractivity contribution in [3.63, 3.8) is 0 Å². The average molecular weight is 464 g/mol. The molecule has 4 nitrogen and oxygen atoms in total. The lowest BCUT2D eigenvalue weighted by molar-refractivity contribution is -0.111. The summed E-state index contributed by atoms with van der Waals surface area (Å²) in [4.78, 5) is 25.1. The molecule has 0 saturated heterocycles. The predicted octanol–water partition coefficient (Wildman–Crippen LogP) is 7.13. The molecule has 7 heteroatoms. The number of aromatic amines is 1. The topological polar surface area (TPSA) is 58.6 Å². The quantitative estimate of drug-likeness (QED) is 0.272. The van der Waals surface area contributed by atoms with Crippen molar-refractivity contribution in [1.82, 2.24) is 15.0 Å². The molecule has 0 amide bonds. The Morgan fingerprint density at radius 3 is 2.81 bits per heavy atom. The fraction of sp³-hybridized carbons (Fsp3) is 0.125. The zero-order valence-corrected chi connectivity index (χ0v) is 18.9. The van der Waals surface area contributed by atoms with Crippen LogP contribution in [0.5, 0.6) is 0 Å². The number of fused-ring (bicyclic) bond motifs is 2. The highest BCUT2D eigenvalue weighted by molar-refractivity contribution is 8.15. The van der Waals surface area contributed by atoms with Crippen LogP contribution in [0.15, 0.2) is 71.2 Å². The zero-order valence-electron chi connectivity index (χ0n) is 16.5. The SMILES string of the molecule is O=C(CCCc1c(-c2ccccn2)[nH]c2ccc(Cl)cc12)Sc1nc2ccccc2s1. The number of thiazole rings is 1. The van der Waals surface area contributed by atoms with Crippen LogP contribution in [-0.4, -0.2) is 20.1 Å². The van der Waals surface area contributed by atoms with Gasteiger partial charge in [-0.05, 0) is 72.6 Å². The van der Waals surface area contributed by atoms with Crippen LogP contribution in [0.3, 0.4) is 0 Å². The molecule has 0 radical (unpaired) electrons. The summed E-state index contributed by atoms with van der Waals surface area (Å²) in [7, 11) is 0. The maximum atomic E-state index is 12.6. The highest BCUT2D eigenvalue weighted by Gasteiger charge is 2.16. The molecule has 0 aliphatic heterocycles. The smallest absolute Gasteiger partial charge is 0.195 e. The molecule has 0 aliphatic rings. The molecule has 2 aromatic carbocycles. The summed E-state index contributed by atoms with van der Waals surface area (Å²) < 4.78 is 1.91. The van der Waals surface area contributed by atoms with Crippen molar-refractivity contribution in [3.8, 4) is 11.4 Å². The number of carbonyl (C=O) groups is 1. The molecule has 1 N–H and O–H groups in total. The van der Waals surface area contributed by atoms with Gasteiger partial charge in [0, 0.05) is 28.5 Å². The molecule has 0 spiro atoms. The van der Waals surface area contributed by atoms with Gasteiger partial charge in [-0.15, -0.1) is 11.3 Å². The van der Waals surface area contributed by atoms with Gasteiger partial charge in [0.05, 0.1) is 21.6 Å². The van der Waals surface area contributed by atoms with Crippen molar-refractivity contribution in [2.75, 3.05) is 0 Å². The first-order valence-corrected chi connectivity index (χ1v) is 12.0. The van der Waals surface area contributed by atoms with Crippen LogP contribution in [0, 0.1) is 0 Å². The van der Waals surface area contributed by atoms with Crippen LogP contribution in [0.1, 0.15) is 18.4 Å². The molecule has 31 heavy (non-hydrogen) atoms. The number of nitrogens with one attached hydrogen (secondary N) is 1. The number of thioether (sulfide) groups is 1. The molecule has 0 saturated carbocycles. The summed E-state index contributed by atoms with van der Waals surface area (Å²) in [6, 6.07) is 19.7. The number of hydrogen-bond acceptors (Lipinski definition) is 5. The van der Waals surface area contributed by atoms with Gasteiger partial charge in [-0.1, -0.05) is 29.8 Å². The number of aromatic nitrogens is 3. The lowest BCUT2D eigenvalue weighted by atomic mass is 10.0. The highest BCUT2D eigenvalue weighted by atomic mass is 35.5. The molecule has 5 aromatic rings. The molecule has 3 heterocycles. The van der Waals surface area contributed by atoms with E-state index in [1.54, 1.807) is 17.5 Å². The van der Waals surface area contributed by atoms with Gasteiger partial charge in [0.25, 0.3) is 0 Å². The number of H-pyrrole nitrogens is 1. The van der Waals surface area contributed by atoms with Crippen LogP contribution < -0.4 is 0 Å². The predicted molar refractivity (Wildman–Crippen MR) is 130 cm³/mol. The Bertz CT molecular complexity index is 1340. The molecular formula is C24H18ClN3OS2. The fourth-order valence-electron chi connectivity index (χ4n) is 3.66. The van der Waals surface area contributed by atoms with E-state index in [0.717, 1.165) is 55.3 Å². The Labute approximate surface area is 192 Å². The minimum atomic E-state index is 0.135. The first-order chi connectivity index (χ1) is 15.2. The molecule has 0 bridgehead atoms. The largest absolute Gasteiger partial charge is 0.353 e. The number of carbonyl (C=O) groups excluding carboxylic acids is 1. The molecular weight excluding hydrogens is 446 g/mol. The van der Waals surface area contributed by atoms with E-state index >= 15 is 0 Å². The van der Waals surface area contributed by atoms with E-state index in [1.807, 2.05) is 60.7 Å². The molecule has 0 unspecified atom stereocenters. The van der Waals surface area contributed by atoms with E-state index in [0.29, 0.717) is 11.4 Å². The summed E-state index contributed by atoms with van der Waals surface area (Å²) in [5.41, 5.74) is 4.99. The van der Waals surface area contributed by atoms with Crippen molar-refractivity contribution in [1.29, 1.82) is 0 Å². The Morgan fingerprint density at radius 2 is 1.97 bits per heavy atom. The van der Waals surface area contributed by atoms with E-state index in [1.165, 1.54) is 11.8 Å². The maximum Gasteiger partial charge on any atom is 0.195 e. The summed E-state index contributed by atoms with van der Waals surface area (Å²) in [6.07, 6.45) is 3.78. The minimum absolute atomic E-state index is 0.135. The van der Waals surface area contributed by atoms with Crippen molar-refractivity contribution in [2.24, 2.45) is 0 Å². The third kappa shape index (κ3) is 4.37. The van der Waals surface area contributed by atoms with Gasteiger partial charge >= 0.3 is 0 Å². The second-order valence-corrected chi connectivity index (χ2v) is 9.93. The molecule has 5 rings (SSSR count). The monoisotopic (exact) mass is 463 g/mol. The first kappa shape index (κ1) is 20.2. The minimum Gasteiger partial charge on any atom is -0.353 e. The van der Waals surface area contributed by atoms with Gasteiger partial charge < -0.3 is 4.98 Å². The number of benzene rings is 2. The van der Waals surface area contributed by atoms with Crippen LogP contribution in [0.25, 0.3) is 32.5 Å². The van der Waals surface area contributed by atoms with E-state index in [2.05, 4.69) is 15.0 Å². The van der Waals surface area contributed by atoms with Crippen molar-refractivity contribution in [3.05, 3.63) is 77.4 Å². The van der Waals surface area contributed by atoms with E-state index in [-0.39, 0.29) is 5.12 Å². The number of nitrogens with zero attached hydrogens (tertiary/aromatic N) is 2. The second kappa shape index (κ2) is 8.83. The second-order valence-electron chi connectivity index (χ2n) is 7.16. The molecule has 0 fully saturated rings. The molecule has 0 aliphatic carbocycles. The Balaban J connectivity index is 1.33. The number of rotatable bonds is 6. The van der Waals surface area contributed by atoms with Gasteiger partial charge in [-0.25, -0.2) is 4.98 Å². The van der Waals surface area contributed by atoms with Gasteiger partial charge in [-0.2, -0.15) is 0 Å². The van der Waals surface area contributed by atoms with E-state index in [9.17, 15) is 4.79 Å². The number of halogens is 1. The van der Waals surface area contributed by atoms with Crippen molar-refractivity contribution >= 4 is 60.9 Å². The van der Waals surface area contributed by atoms with Crippen LogP contribution >= 0.6 is 34.7 Å². The van der Waals surface area contributed by atoms with Gasteiger partial charge in [0.2, 0.25) is 0 Å². The normalized spacial score (nSPS) is 11.4. The molecule has 154 valence electrons. The summed E-state index contributed by atoms with van der Waals surface area (Å²) >= 11 is 9.06. The summed E-state index contributed by atoms with van der Waals surface area (Å²) in [5, 5.41) is 1.92. The fourth-order valence-corrected chi connectivity index (χ4v) is 5.83. The zero-order chi connectivity index (χ0) is 21.2. The highest BCUT2D eigenvalue weighted by Crippen LogP contribution is 2.34. The Morgan fingerprint density at radius 1 is 1.10 bits per heavy atom. The van der Waals surface area contributed by atoms with Gasteiger partial charge in [0.1, 0.15) is 0 Å². The third-order valence-electron chi connectivity index (χ3n) is 5.07. The number of aryl methyl sites for hydroxylation is 1. The number of hydrogen-bond donors (Lipinski definition) is 1. The Hall–Kier alpha value is -2.67. The van der Waals surface area contributed by atoms with Gasteiger partial charge in [0.15, 0.2) is 9.45 Å².